The van der Waals surface area contributed by atoms with Gasteiger partial charge in [0.05, 0.1) is 23.1 Å². The minimum atomic E-state index is -0.963. The summed E-state index contributed by atoms with van der Waals surface area (Å²) in [4.78, 5) is 44.2. The molecule has 12 nitrogen and oxygen atoms in total. The molecule has 5 aliphatic heterocycles. The summed E-state index contributed by atoms with van der Waals surface area (Å²) in [5.41, 5.74) is -1.42. The van der Waals surface area contributed by atoms with E-state index in [1.165, 1.54) is 12.3 Å². The van der Waals surface area contributed by atoms with Crippen molar-refractivity contribution in [1.82, 2.24) is 25.2 Å². The lowest BCUT2D eigenvalue weighted by Gasteiger charge is -2.41. The fourth-order valence-corrected chi connectivity index (χ4v) is 8.82. The second kappa shape index (κ2) is 14.0. The van der Waals surface area contributed by atoms with Crippen molar-refractivity contribution in [2.75, 3.05) is 49.6 Å². The van der Waals surface area contributed by atoms with Gasteiger partial charge in [-0.15, -0.1) is 0 Å². The molecular weight excluding hydrogens is 715 g/mol. The van der Waals surface area contributed by atoms with E-state index < -0.39 is 46.7 Å². The van der Waals surface area contributed by atoms with E-state index in [2.05, 4.69) is 25.5 Å². The fraction of sp³-hybridized carbons (Fsp3) is 0.525. The van der Waals surface area contributed by atoms with Gasteiger partial charge in [-0.3, -0.25) is 15.2 Å². The number of hydrogen-bond donors (Lipinski definition) is 2. The highest BCUT2D eigenvalue weighted by molar-refractivity contribution is 6.04. The number of rotatable bonds is 4. The van der Waals surface area contributed by atoms with Gasteiger partial charge in [-0.1, -0.05) is 6.07 Å². The molecule has 5 aliphatic rings. The molecular formula is C40H46F3N7O5. The third kappa shape index (κ3) is 7.30. The van der Waals surface area contributed by atoms with Crippen LogP contribution in [0.4, 0.5) is 34.3 Å². The Morgan fingerprint density at radius 3 is 2.76 bits per heavy atom. The highest BCUT2D eigenvalue weighted by atomic mass is 19.1. The third-order valence-electron chi connectivity index (χ3n) is 11.1. The van der Waals surface area contributed by atoms with Gasteiger partial charge in [0.2, 0.25) is 0 Å². The highest BCUT2D eigenvalue weighted by Gasteiger charge is 2.49. The molecule has 292 valence electrons. The Morgan fingerprint density at radius 1 is 1.13 bits per heavy atom. The van der Waals surface area contributed by atoms with E-state index in [9.17, 15) is 14.0 Å². The number of halogens is 3. The van der Waals surface area contributed by atoms with Crippen LogP contribution in [0.15, 0.2) is 30.5 Å². The minimum Gasteiger partial charge on any atom is -0.461 e. The smallest absolute Gasteiger partial charge is 0.412 e. The van der Waals surface area contributed by atoms with Crippen molar-refractivity contribution in [1.29, 1.82) is 0 Å². The number of benzene rings is 2. The molecule has 7 heterocycles. The van der Waals surface area contributed by atoms with Gasteiger partial charge < -0.3 is 24.4 Å². The predicted octanol–water partition coefficient (Wildman–Crippen LogP) is 7.46. The number of fused-ring (bicyclic) bond motifs is 7. The van der Waals surface area contributed by atoms with Crippen molar-refractivity contribution >= 4 is 45.4 Å². The van der Waals surface area contributed by atoms with E-state index in [1.54, 1.807) is 39.0 Å². The molecule has 6 bridgehead atoms. The van der Waals surface area contributed by atoms with Crippen molar-refractivity contribution < 1.29 is 37.0 Å². The monoisotopic (exact) mass is 761 g/mol. The molecule has 0 spiro atoms. The van der Waals surface area contributed by atoms with E-state index in [1.807, 2.05) is 11.8 Å². The second-order valence-corrected chi connectivity index (χ2v) is 16.6. The average molecular weight is 762 g/mol. The first kappa shape index (κ1) is 37.0. The van der Waals surface area contributed by atoms with Crippen molar-refractivity contribution in [3.05, 3.63) is 47.7 Å². The molecule has 0 saturated carbocycles. The van der Waals surface area contributed by atoms with Crippen LogP contribution in [0.3, 0.4) is 0 Å². The Morgan fingerprint density at radius 2 is 1.95 bits per heavy atom. The van der Waals surface area contributed by atoms with Gasteiger partial charge in [0.25, 0.3) is 0 Å². The van der Waals surface area contributed by atoms with Gasteiger partial charge in [0, 0.05) is 43.5 Å². The molecule has 15 heteroatoms. The van der Waals surface area contributed by atoms with Crippen molar-refractivity contribution in [2.24, 2.45) is 0 Å². The van der Waals surface area contributed by atoms with Crippen LogP contribution in [0.1, 0.15) is 71.8 Å². The maximum Gasteiger partial charge on any atom is 0.412 e. The summed E-state index contributed by atoms with van der Waals surface area (Å²) in [6.45, 7) is 9.29. The van der Waals surface area contributed by atoms with Crippen LogP contribution in [0.5, 0.6) is 6.01 Å². The second-order valence-electron chi connectivity index (χ2n) is 16.6. The number of ether oxygens (including phenoxy) is 3. The summed E-state index contributed by atoms with van der Waals surface area (Å²) in [7, 11) is 0. The molecule has 2 aromatic carbocycles. The number of alkyl halides is 1. The Hall–Kier alpha value is -4.92. The van der Waals surface area contributed by atoms with E-state index in [4.69, 9.17) is 19.2 Å². The van der Waals surface area contributed by atoms with Crippen molar-refractivity contribution in [2.45, 2.75) is 95.5 Å². The summed E-state index contributed by atoms with van der Waals surface area (Å²) < 4.78 is 65.3. The maximum atomic E-state index is 17.4. The number of aromatic nitrogens is 3. The van der Waals surface area contributed by atoms with E-state index in [0.29, 0.717) is 60.9 Å². The lowest BCUT2D eigenvalue weighted by atomic mass is 9.91. The third-order valence-corrected chi connectivity index (χ3v) is 11.1. The van der Waals surface area contributed by atoms with Gasteiger partial charge in [0.15, 0.2) is 5.82 Å². The first-order chi connectivity index (χ1) is 26.2. The normalized spacial score (nSPS) is 24.5. The zero-order chi connectivity index (χ0) is 38.7. The number of alkyl carbamates (subject to hydrolysis) is 1. The largest absolute Gasteiger partial charge is 0.461 e. The molecule has 0 aliphatic carbocycles. The lowest BCUT2D eigenvalue weighted by molar-refractivity contribution is 0.0635. The zero-order valence-electron chi connectivity index (χ0n) is 31.6. The quantitative estimate of drug-likeness (QED) is 0.216. The van der Waals surface area contributed by atoms with Gasteiger partial charge in [-0.05, 0) is 107 Å². The number of carbonyl (C=O) groups is 2. The summed E-state index contributed by atoms with van der Waals surface area (Å²) in [5.74, 6) is -0.943. The van der Waals surface area contributed by atoms with Crippen LogP contribution in [0.2, 0.25) is 0 Å². The van der Waals surface area contributed by atoms with Crippen LogP contribution in [-0.2, 0) is 15.9 Å². The molecule has 3 saturated heterocycles. The predicted molar refractivity (Wildman–Crippen MR) is 201 cm³/mol. The van der Waals surface area contributed by atoms with E-state index >= 15 is 8.78 Å². The van der Waals surface area contributed by atoms with Gasteiger partial charge >= 0.3 is 18.2 Å². The van der Waals surface area contributed by atoms with Crippen LogP contribution in [-0.4, -0.2) is 94.3 Å². The Labute approximate surface area is 317 Å². The summed E-state index contributed by atoms with van der Waals surface area (Å²) >= 11 is 0. The molecule has 0 unspecified atom stereocenters. The summed E-state index contributed by atoms with van der Waals surface area (Å²) in [6, 6.07) is 6.00. The number of carbonyl (C=O) groups excluding carboxylic acids is 2. The maximum absolute atomic E-state index is 17.4. The first-order valence-electron chi connectivity index (χ1n) is 19.0. The Kier molecular flexibility index (Phi) is 9.41. The molecule has 2 N–H and O–H groups in total. The van der Waals surface area contributed by atoms with Gasteiger partial charge in [-0.25, -0.2) is 22.8 Å². The molecule has 3 fully saturated rings. The van der Waals surface area contributed by atoms with E-state index in [0.717, 1.165) is 19.4 Å². The number of nitrogens with one attached hydrogen (secondary N) is 2. The Balaban J connectivity index is 1.31. The van der Waals surface area contributed by atoms with Crippen LogP contribution in [0.25, 0.3) is 32.9 Å². The van der Waals surface area contributed by atoms with E-state index in [-0.39, 0.29) is 60.1 Å². The Bertz CT molecular complexity index is 2180. The molecule has 9 rings (SSSR count). The number of hydrogen-bond acceptors (Lipinski definition) is 10. The topological polar surface area (TPSA) is 131 Å². The molecule has 0 radical (unpaired) electrons. The minimum absolute atomic E-state index is 0.0173. The molecule has 2 aromatic heterocycles. The van der Waals surface area contributed by atoms with Crippen LogP contribution in [0, 0.1) is 11.6 Å². The standard InChI is InChI=1S/C40H46F3N7O5/c1-38(2,3)55-36(51)45-25-16-23-9-10-29(42)26-8-5-15-53-37(52)48-39(4)11-6-13-49(21-39)34-28-19-44-32(27(17-25)30(23)26)31(43)33(28)46-35(47-34)54-22-40-12-7-14-50(40)20-24(41)18-40/h9-10,16-17,19,24H,5-8,11-15,18,20-22H2,1-4H3,(H,45,51)(H,48,52)/t24-,39-,40+/m1/s1. The van der Waals surface area contributed by atoms with Crippen LogP contribution >= 0.6 is 0 Å². The van der Waals surface area contributed by atoms with Crippen LogP contribution < -0.4 is 20.3 Å². The molecule has 4 aromatic rings. The fourth-order valence-electron chi connectivity index (χ4n) is 8.82. The molecule has 3 atom stereocenters. The number of amides is 2. The summed E-state index contributed by atoms with van der Waals surface area (Å²) in [6.07, 6.45) is 3.03. The number of aryl methyl sites for hydroxylation is 1. The summed E-state index contributed by atoms with van der Waals surface area (Å²) in [5, 5.41) is 6.97. The average Bonchev–Trinajstić information content (AvgIpc) is 3.64. The molecule has 2 amide bonds. The number of anilines is 2. The van der Waals surface area contributed by atoms with Crippen molar-refractivity contribution in [3.8, 4) is 17.3 Å². The first-order valence-corrected chi connectivity index (χ1v) is 19.0. The highest BCUT2D eigenvalue weighted by Crippen LogP contribution is 2.42. The lowest BCUT2D eigenvalue weighted by Crippen LogP contribution is -2.57. The SMILES string of the molecule is CC(C)(C)OC(=O)Nc1cc2c3c(c(F)ccc3c1)CCCOC(=O)N[C@]1(C)CCCN(C1)c1nc(OC[C@@]34CCCN3C[C@H](F)C4)nc3c(F)c-2ncc13. The number of nitrogens with zero attached hydrogens (tertiary/aromatic N) is 5. The zero-order valence-corrected chi connectivity index (χ0v) is 31.6. The number of pyridine rings is 1. The van der Waals surface area contributed by atoms with Crippen molar-refractivity contribution in [3.63, 3.8) is 0 Å². The van der Waals surface area contributed by atoms with Gasteiger partial charge in [-0.2, -0.15) is 9.97 Å². The number of piperidine rings is 1. The molecule has 55 heavy (non-hydrogen) atoms. The van der Waals surface area contributed by atoms with Gasteiger partial charge in [0.1, 0.15) is 41.2 Å².